The number of tetrazole rings is 1. The van der Waals surface area contributed by atoms with Gasteiger partial charge in [-0.05, 0) is 16.0 Å². The Kier molecular flexibility index (Phi) is 10.3. The maximum Gasteiger partial charge on any atom is 1.00 e. The van der Waals surface area contributed by atoms with E-state index in [4.69, 9.17) is 15.6 Å². The van der Waals surface area contributed by atoms with Crippen molar-refractivity contribution in [2.75, 3.05) is 30.1 Å². The molecular weight excluding hydrogens is 521 g/mol. The molecule has 14 nitrogen and oxygen atoms in total. The number of ether oxygens (including phenoxy) is 1. The zero-order valence-corrected chi connectivity index (χ0v) is 22.9. The summed E-state index contributed by atoms with van der Waals surface area (Å²) in [7, 11) is 2.88. The molecule has 2 aliphatic heterocycles. The molecule has 34 heavy (non-hydrogen) atoms. The number of methoxy groups -OCH3 is 1. The zero-order chi connectivity index (χ0) is 24.3. The minimum atomic E-state index is -1.75. The van der Waals surface area contributed by atoms with Crippen LogP contribution in [0.1, 0.15) is 0 Å². The smallest absolute Gasteiger partial charge is 0.543 e. The van der Waals surface area contributed by atoms with Gasteiger partial charge in [0, 0.05) is 31.4 Å². The van der Waals surface area contributed by atoms with Gasteiger partial charge in [0.15, 0.2) is 0 Å². The van der Waals surface area contributed by atoms with E-state index in [0.717, 1.165) is 16.7 Å². The minimum absolute atomic E-state index is 0. The van der Waals surface area contributed by atoms with Gasteiger partial charge in [-0.3, -0.25) is 19.3 Å². The second-order valence-electron chi connectivity index (χ2n) is 6.90. The standard InChI is InChI=1S/C16H21N7O7S3.Na/c1-22-15(19-20-21-22)33-4-7-3-32-14-16(30-2,13(29)23(14)10(7)12(27)28)18-9(24)6-31-5-8(17)11(25)26;/h8,14H,3-6,17H2,1-2H3,(H,18,24)(H,25,26)(H,27,28);/q;+1/p-1/t8?,14-,16-;/m0./s1. The zero-order valence-electron chi connectivity index (χ0n) is 18.4. The summed E-state index contributed by atoms with van der Waals surface area (Å²) in [5, 5.41) is 33.9. The number of carboxylic acid groups (broad SMARTS) is 2. The fourth-order valence-electron chi connectivity index (χ4n) is 3.13. The van der Waals surface area contributed by atoms with Gasteiger partial charge < -0.3 is 30.8 Å². The molecule has 18 heteroatoms. The van der Waals surface area contributed by atoms with Crippen LogP contribution in [0.5, 0.6) is 0 Å². The molecule has 0 radical (unpaired) electrons. The Labute approximate surface area is 228 Å². The number of hydrogen-bond acceptors (Lipinski definition) is 13. The molecule has 0 aromatic carbocycles. The second-order valence-corrected chi connectivity index (χ2v) is 9.94. The van der Waals surface area contributed by atoms with Crippen LogP contribution in [0.2, 0.25) is 0 Å². The van der Waals surface area contributed by atoms with Crippen LogP contribution < -0.4 is 45.7 Å². The molecule has 0 spiro atoms. The van der Waals surface area contributed by atoms with E-state index in [-0.39, 0.29) is 58.3 Å². The number of nitrogens with zero attached hydrogens (tertiary/aromatic N) is 5. The first kappa shape index (κ1) is 28.9. The third-order valence-electron chi connectivity index (χ3n) is 4.75. The number of aromatic nitrogens is 4. The Hall–Kier alpha value is -1.34. The number of carboxylic acids is 2. The van der Waals surface area contributed by atoms with E-state index >= 15 is 0 Å². The average molecular weight is 542 g/mol. The molecule has 0 saturated carbocycles. The molecular formula is C16H20N7NaO7S3. The normalized spacial score (nSPS) is 22.4. The molecule has 3 heterocycles. The number of β-lactam (4-membered cyclic amide) rings is 1. The number of hydrogen-bond donors (Lipinski definition) is 3. The van der Waals surface area contributed by atoms with Gasteiger partial charge in [0.25, 0.3) is 11.6 Å². The molecule has 1 aromatic heterocycles. The van der Waals surface area contributed by atoms with Crippen molar-refractivity contribution < 1.29 is 63.7 Å². The number of carbonyl (C=O) groups is 4. The summed E-state index contributed by atoms with van der Waals surface area (Å²) in [5.74, 6) is -3.73. The van der Waals surface area contributed by atoms with Gasteiger partial charge in [-0.15, -0.1) is 28.6 Å². The van der Waals surface area contributed by atoms with Crippen molar-refractivity contribution in [3.8, 4) is 0 Å². The third-order valence-corrected chi connectivity index (χ3v) is 8.29. The SMILES string of the molecule is CO[C@@]1(NC(=O)CSCC(N)C(=O)O)C(=O)N2C(C(=O)[O-])=C(CSc3nnnn3C)CS[C@H]21.[Na+]. The van der Waals surface area contributed by atoms with Crippen LogP contribution in [0.25, 0.3) is 0 Å². The second kappa shape index (κ2) is 12.1. The molecule has 0 bridgehead atoms. The molecule has 1 fully saturated rings. The summed E-state index contributed by atoms with van der Waals surface area (Å²) < 4.78 is 6.78. The number of aliphatic carboxylic acids is 2. The van der Waals surface area contributed by atoms with Crippen LogP contribution in [-0.2, 0) is 31.0 Å². The van der Waals surface area contributed by atoms with Gasteiger partial charge in [-0.1, -0.05) is 11.8 Å². The van der Waals surface area contributed by atoms with E-state index < -0.39 is 40.9 Å². The van der Waals surface area contributed by atoms with Gasteiger partial charge in [0.2, 0.25) is 11.1 Å². The third kappa shape index (κ3) is 5.72. The Balaban J connectivity index is 0.00000408. The Morgan fingerprint density at radius 3 is 2.74 bits per heavy atom. The number of nitrogens with two attached hydrogens (primary N) is 1. The molecule has 3 atom stereocenters. The summed E-state index contributed by atoms with van der Waals surface area (Å²) in [6.45, 7) is 0. The summed E-state index contributed by atoms with van der Waals surface area (Å²) in [4.78, 5) is 49.1. The first-order valence-corrected chi connectivity index (χ1v) is 12.5. The van der Waals surface area contributed by atoms with Gasteiger partial charge in [0.05, 0.1) is 17.4 Å². The molecule has 3 rings (SSSR count). The van der Waals surface area contributed by atoms with Crippen molar-refractivity contribution in [3.05, 3.63) is 11.3 Å². The van der Waals surface area contributed by atoms with E-state index in [1.54, 1.807) is 7.05 Å². The minimum Gasteiger partial charge on any atom is -0.543 e. The number of aryl methyl sites for hydroxylation is 1. The predicted octanol–water partition coefficient (Wildman–Crippen LogP) is -6.17. The fraction of sp³-hybridized carbons (Fsp3) is 0.562. The number of thioether (sulfide) groups is 3. The van der Waals surface area contributed by atoms with Gasteiger partial charge in [-0.2, -0.15) is 0 Å². The van der Waals surface area contributed by atoms with E-state index in [2.05, 4.69) is 20.8 Å². The van der Waals surface area contributed by atoms with Gasteiger partial charge in [0.1, 0.15) is 11.4 Å². The van der Waals surface area contributed by atoms with Crippen LogP contribution >= 0.6 is 35.3 Å². The van der Waals surface area contributed by atoms with Crippen LogP contribution in [0.4, 0.5) is 0 Å². The van der Waals surface area contributed by atoms with Crippen molar-refractivity contribution in [1.82, 2.24) is 30.4 Å². The molecule has 1 unspecified atom stereocenters. The van der Waals surface area contributed by atoms with Crippen LogP contribution in [0.15, 0.2) is 16.4 Å². The number of amides is 2. The number of rotatable bonds is 11. The summed E-state index contributed by atoms with van der Waals surface area (Å²) in [5.41, 5.74) is 3.84. The maximum atomic E-state index is 13.0. The molecule has 2 amide bonds. The van der Waals surface area contributed by atoms with Crippen molar-refractivity contribution in [3.63, 3.8) is 0 Å². The first-order valence-electron chi connectivity index (χ1n) is 9.28. The van der Waals surface area contributed by atoms with Crippen LogP contribution in [-0.4, -0.2) is 101 Å². The first-order chi connectivity index (χ1) is 15.6. The molecule has 1 aromatic rings. The maximum absolute atomic E-state index is 13.0. The van der Waals surface area contributed by atoms with E-state index in [1.165, 1.54) is 35.3 Å². The molecule has 1 saturated heterocycles. The number of carbonyl (C=O) groups excluding carboxylic acids is 3. The number of fused-ring (bicyclic) bond motifs is 1. The van der Waals surface area contributed by atoms with E-state index in [9.17, 15) is 24.3 Å². The average Bonchev–Trinajstić information content (AvgIpc) is 3.19. The van der Waals surface area contributed by atoms with Crippen molar-refractivity contribution in [2.45, 2.75) is 22.3 Å². The fourth-order valence-corrected chi connectivity index (χ4v) is 6.33. The Bertz CT molecular complexity index is 1010. The quantitative estimate of drug-likeness (QED) is 0.103. The summed E-state index contributed by atoms with van der Waals surface area (Å²) >= 11 is 3.43. The molecule has 2 aliphatic rings. The van der Waals surface area contributed by atoms with Gasteiger partial charge in [-0.25, -0.2) is 4.68 Å². The molecule has 180 valence electrons. The summed E-state index contributed by atoms with van der Waals surface area (Å²) in [6, 6.07) is -1.13. The number of nitrogens with one attached hydrogen (secondary N) is 1. The van der Waals surface area contributed by atoms with Crippen LogP contribution in [0.3, 0.4) is 0 Å². The molecule has 0 aliphatic carbocycles. The van der Waals surface area contributed by atoms with E-state index in [1.807, 2.05) is 0 Å². The monoisotopic (exact) mass is 541 g/mol. The van der Waals surface area contributed by atoms with Crippen molar-refractivity contribution in [1.29, 1.82) is 0 Å². The molecule has 4 N–H and O–H groups in total. The predicted molar refractivity (Wildman–Crippen MR) is 115 cm³/mol. The topological polar surface area (TPSA) is 206 Å². The van der Waals surface area contributed by atoms with Crippen LogP contribution in [0, 0.1) is 0 Å². The van der Waals surface area contributed by atoms with E-state index in [0.29, 0.717) is 10.7 Å². The Morgan fingerprint density at radius 1 is 1.47 bits per heavy atom. The van der Waals surface area contributed by atoms with Gasteiger partial charge >= 0.3 is 35.5 Å². The van der Waals surface area contributed by atoms with Crippen molar-refractivity contribution in [2.24, 2.45) is 12.8 Å². The Morgan fingerprint density at radius 2 is 2.18 bits per heavy atom. The van der Waals surface area contributed by atoms with Crippen molar-refractivity contribution >= 4 is 59.0 Å². The largest absolute Gasteiger partial charge is 1.00 e. The summed E-state index contributed by atoms with van der Waals surface area (Å²) in [6.07, 6.45) is 0.